The van der Waals surface area contributed by atoms with E-state index < -0.39 is 0 Å². The Hall–Kier alpha value is -0.300. The van der Waals surface area contributed by atoms with Gasteiger partial charge in [0.2, 0.25) is 0 Å². The lowest BCUT2D eigenvalue weighted by Gasteiger charge is -2.03. The number of aromatic nitrogens is 2. The first-order chi connectivity index (χ1) is 5.16. The van der Waals surface area contributed by atoms with Crippen LogP contribution in [0, 0.1) is 3.57 Å². The molecule has 4 nitrogen and oxygen atoms in total. The molecule has 6 heteroatoms. The van der Waals surface area contributed by atoms with Gasteiger partial charge in [0.1, 0.15) is 5.69 Å². The highest BCUT2D eigenvalue weighted by Crippen LogP contribution is 2.27. The first kappa shape index (κ1) is 8.79. The molecule has 1 aromatic heterocycles. The molecule has 0 radical (unpaired) electrons. The van der Waals surface area contributed by atoms with E-state index in [9.17, 15) is 0 Å². The normalized spacial score (nSPS) is 9.73. The van der Waals surface area contributed by atoms with Crippen LogP contribution in [0.2, 0.25) is 5.15 Å². The number of nitrogens with two attached hydrogens (primary N) is 1. The molecular weight excluding hydrogens is 280 g/mol. The molecule has 1 heterocycles. The predicted molar refractivity (Wildman–Crippen MR) is 50.7 cm³/mol. The summed E-state index contributed by atoms with van der Waals surface area (Å²) in [5, 5.41) is 7.53. The Bertz CT molecular complexity index is 281. The quantitative estimate of drug-likeness (QED) is 0.791. The van der Waals surface area contributed by atoms with Crippen molar-refractivity contribution < 1.29 is 4.74 Å². The van der Waals surface area contributed by atoms with E-state index in [4.69, 9.17) is 22.1 Å². The molecule has 0 aromatic carbocycles. The van der Waals surface area contributed by atoms with Crippen LogP contribution in [0.15, 0.2) is 0 Å². The maximum Gasteiger partial charge on any atom is 0.257 e. The number of ether oxygens (including phenoxy) is 1. The minimum absolute atomic E-state index is 0.295. The van der Waals surface area contributed by atoms with Gasteiger partial charge in [-0.3, -0.25) is 0 Å². The van der Waals surface area contributed by atoms with Gasteiger partial charge in [-0.25, -0.2) is 0 Å². The number of rotatable bonds is 1. The van der Waals surface area contributed by atoms with E-state index in [1.54, 1.807) is 0 Å². The lowest BCUT2D eigenvalue weighted by atomic mass is 10.5. The zero-order chi connectivity index (χ0) is 8.43. The minimum atomic E-state index is 0.295. The molecule has 1 aromatic rings. The Morgan fingerprint density at radius 3 is 2.73 bits per heavy atom. The third kappa shape index (κ3) is 1.64. The van der Waals surface area contributed by atoms with E-state index in [0.29, 0.717) is 20.3 Å². The average Bonchev–Trinajstić information content (AvgIpc) is 2.01. The monoisotopic (exact) mass is 285 g/mol. The van der Waals surface area contributed by atoms with E-state index >= 15 is 0 Å². The van der Waals surface area contributed by atoms with E-state index in [2.05, 4.69) is 10.2 Å². The standard InChI is InChI=1S/C5H5ClIN3O/c1-11-5-3(8)2(7)4(6)9-10-5/h1H3,(H2,8,9). The van der Waals surface area contributed by atoms with Crippen molar-refractivity contribution in [1.29, 1.82) is 0 Å². The maximum absolute atomic E-state index is 5.63. The third-order valence-corrected chi connectivity index (χ3v) is 2.75. The first-order valence-corrected chi connectivity index (χ1v) is 4.13. The number of halogens is 2. The van der Waals surface area contributed by atoms with Crippen LogP contribution in [0.5, 0.6) is 5.88 Å². The zero-order valence-electron chi connectivity index (χ0n) is 5.64. The van der Waals surface area contributed by atoms with Gasteiger partial charge < -0.3 is 10.5 Å². The van der Waals surface area contributed by atoms with Crippen molar-refractivity contribution in [2.24, 2.45) is 0 Å². The van der Waals surface area contributed by atoms with Gasteiger partial charge in [0.25, 0.3) is 5.88 Å². The molecule has 0 aliphatic heterocycles. The number of hydrogen-bond donors (Lipinski definition) is 1. The lowest BCUT2D eigenvalue weighted by molar-refractivity contribution is 0.394. The highest BCUT2D eigenvalue weighted by molar-refractivity contribution is 14.1. The second-order valence-corrected chi connectivity index (χ2v) is 3.16. The Balaban J connectivity index is 3.25. The Labute approximate surface area is 82.2 Å². The van der Waals surface area contributed by atoms with E-state index in [0.717, 1.165) is 0 Å². The Morgan fingerprint density at radius 1 is 1.55 bits per heavy atom. The largest absolute Gasteiger partial charge is 0.478 e. The number of methoxy groups -OCH3 is 1. The second kappa shape index (κ2) is 3.40. The summed E-state index contributed by atoms with van der Waals surface area (Å²) in [7, 11) is 1.48. The molecule has 0 atom stereocenters. The van der Waals surface area contributed by atoms with Gasteiger partial charge >= 0.3 is 0 Å². The predicted octanol–water partition coefficient (Wildman–Crippen LogP) is 1.33. The van der Waals surface area contributed by atoms with E-state index in [1.165, 1.54) is 7.11 Å². The summed E-state index contributed by atoms with van der Waals surface area (Å²) in [6, 6.07) is 0. The Kier molecular flexibility index (Phi) is 2.72. The van der Waals surface area contributed by atoms with Crippen LogP contribution < -0.4 is 10.5 Å². The minimum Gasteiger partial charge on any atom is -0.478 e. The van der Waals surface area contributed by atoms with E-state index in [1.807, 2.05) is 22.6 Å². The van der Waals surface area contributed by atoms with Gasteiger partial charge in [-0.2, -0.15) is 0 Å². The summed E-state index contributed by atoms with van der Waals surface area (Å²) >= 11 is 7.60. The Morgan fingerprint density at radius 2 is 2.18 bits per heavy atom. The van der Waals surface area contributed by atoms with Crippen LogP contribution in [0.1, 0.15) is 0 Å². The van der Waals surface area contributed by atoms with Crippen molar-refractivity contribution in [2.45, 2.75) is 0 Å². The molecule has 0 spiro atoms. The zero-order valence-corrected chi connectivity index (χ0v) is 8.55. The number of anilines is 1. The third-order valence-electron chi connectivity index (χ3n) is 1.07. The molecule has 0 fully saturated rings. The molecule has 0 bridgehead atoms. The maximum atomic E-state index is 5.63. The molecule has 0 aliphatic carbocycles. The summed E-state index contributed by atoms with van der Waals surface area (Å²) in [4.78, 5) is 0. The van der Waals surface area contributed by atoms with Gasteiger partial charge in [0.15, 0.2) is 5.15 Å². The number of hydrogen-bond acceptors (Lipinski definition) is 4. The molecule has 11 heavy (non-hydrogen) atoms. The van der Waals surface area contributed by atoms with Gasteiger partial charge in [0.05, 0.1) is 10.7 Å². The van der Waals surface area contributed by atoms with Gasteiger partial charge in [-0.05, 0) is 22.6 Å². The molecule has 0 saturated heterocycles. The summed E-state index contributed by atoms with van der Waals surface area (Å²) in [5.74, 6) is 0.304. The second-order valence-electron chi connectivity index (χ2n) is 1.73. The van der Waals surface area contributed by atoms with Gasteiger partial charge in [-0.1, -0.05) is 11.6 Å². The molecule has 0 amide bonds. The first-order valence-electron chi connectivity index (χ1n) is 2.68. The molecule has 2 N–H and O–H groups in total. The topological polar surface area (TPSA) is 61.0 Å². The molecule has 1 rings (SSSR count). The van der Waals surface area contributed by atoms with Crippen LogP contribution in [0.4, 0.5) is 5.69 Å². The van der Waals surface area contributed by atoms with Crippen molar-refractivity contribution >= 4 is 39.9 Å². The van der Waals surface area contributed by atoms with Crippen LogP contribution in [0.3, 0.4) is 0 Å². The fourth-order valence-electron chi connectivity index (χ4n) is 0.543. The fraction of sp³-hybridized carbons (Fsp3) is 0.200. The van der Waals surface area contributed by atoms with Crippen molar-refractivity contribution in [2.75, 3.05) is 12.8 Å². The van der Waals surface area contributed by atoms with Crippen LogP contribution in [0.25, 0.3) is 0 Å². The highest BCUT2D eigenvalue weighted by Gasteiger charge is 2.09. The summed E-state index contributed by atoms with van der Waals surface area (Å²) < 4.78 is 5.48. The van der Waals surface area contributed by atoms with Crippen LogP contribution in [-0.4, -0.2) is 17.3 Å². The number of nitrogen functional groups attached to an aromatic ring is 1. The fourth-order valence-corrected chi connectivity index (χ4v) is 1.02. The average molecular weight is 285 g/mol. The molecule has 60 valence electrons. The van der Waals surface area contributed by atoms with Crippen LogP contribution >= 0.6 is 34.2 Å². The smallest absolute Gasteiger partial charge is 0.257 e. The molecular formula is C5H5ClIN3O. The number of nitrogens with zero attached hydrogens (tertiary/aromatic N) is 2. The van der Waals surface area contributed by atoms with Gasteiger partial charge in [-0.15, -0.1) is 10.2 Å². The molecule has 0 unspecified atom stereocenters. The van der Waals surface area contributed by atoms with Crippen molar-refractivity contribution in [3.8, 4) is 5.88 Å². The summed E-state index contributed by atoms with van der Waals surface area (Å²) in [6.07, 6.45) is 0. The molecule has 0 saturated carbocycles. The van der Waals surface area contributed by atoms with Gasteiger partial charge in [0, 0.05) is 0 Å². The molecule has 0 aliphatic rings. The SMILES string of the molecule is COc1nnc(Cl)c(I)c1N. The highest BCUT2D eigenvalue weighted by atomic mass is 127. The van der Waals surface area contributed by atoms with Crippen molar-refractivity contribution in [1.82, 2.24) is 10.2 Å². The van der Waals surface area contributed by atoms with Crippen molar-refractivity contribution in [3.63, 3.8) is 0 Å². The van der Waals surface area contributed by atoms with Crippen molar-refractivity contribution in [3.05, 3.63) is 8.72 Å². The van der Waals surface area contributed by atoms with E-state index in [-0.39, 0.29) is 0 Å². The lowest BCUT2D eigenvalue weighted by Crippen LogP contribution is -2.00. The van der Waals surface area contributed by atoms with Crippen LogP contribution in [-0.2, 0) is 0 Å². The summed E-state index contributed by atoms with van der Waals surface area (Å²) in [5.41, 5.74) is 6.00. The summed E-state index contributed by atoms with van der Waals surface area (Å²) in [6.45, 7) is 0.